The lowest BCUT2D eigenvalue weighted by Crippen LogP contribution is -2.49. The number of fused-ring (bicyclic) bond motifs is 1. The van der Waals surface area contributed by atoms with Crippen LogP contribution in [0.1, 0.15) is 114 Å². The maximum absolute atomic E-state index is 10.3. The topological polar surface area (TPSA) is 42.2 Å². The highest BCUT2D eigenvalue weighted by Gasteiger charge is 2.55. The van der Waals surface area contributed by atoms with Crippen LogP contribution in [0.5, 0.6) is 0 Å². The van der Waals surface area contributed by atoms with Gasteiger partial charge in [0.25, 0.3) is 0 Å². The Kier molecular flexibility index (Phi) is 11.8. The van der Waals surface area contributed by atoms with Gasteiger partial charge in [-0.15, -0.1) is 0 Å². The van der Waals surface area contributed by atoms with Crippen LogP contribution in [0.4, 0.5) is 0 Å². The van der Waals surface area contributed by atoms with Crippen molar-refractivity contribution in [2.24, 2.45) is 29.1 Å². The van der Waals surface area contributed by atoms with E-state index < -0.39 is 16.6 Å². The lowest BCUT2D eigenvalue weighted by atomic mass is 9.60. The first-order valence-electron chi connectivity index (χ1n) is 15.7. The first-order chi connectivity index (χ1) is 16.9. The van der Waals surface area contributed by atoms with E-state index in [0.717, 1.165) is 12.8 Å². The highest BCUT2D eigenvalue weighted by atomic mass is 28.4. The summed E-state index contributed by atoms with van der Waals surface area (Å²) in [5, 5.41) is 10.3. The maximum atomic E-state index is 10.3. The molecular weight excluding hydrogens is 475 g/mol. The second-order valence-corrected chi connectivity index (χ2v) is 22.7. The minimum atomic E-state index is -1.65. The molecule has 0 amide bonds. The summed E-state index contributed by atoms with van der Waals surface area (Å²) in [6, 6.07) is 10.1. The predicted molar refractivity (Wildman–Crippen MR) is 160 cm³/mol. The Morgan fingerprint density at radius 2 is 1.47 bits per heavy atom. The molecule has 3 nitrogen and oxygen atoms in total. The quantitative estimate of drug-likeness (QED) is 0.196. The summed E-state index contributed by atoms with van der Waals surface area (Å²) in [5.41, 5.74) is 0.191. The molecule has 2 aliphatic carbocycles. The van der Waals surface area contributed by atoms with Crippen LogP contribution in [0.3, 0.4) is 0 Å². The number of hydrogen-bond acceptors (Lipinski definition) is 3. The fourth-order valence-corrected chi connectivity index (χ4v) is 14.4. The van der Waals surface area contributed by atoms with Gasteiger partial charge in [-0.05, 0) is 112 Å². The molecule has 0 radical (unpaired) electrons. The number of rotatable bonds is 15. The average molecular weight is 536 g/mol. The third-order valence-corrected chi connectivity index (χ3v) is 20.9. The molecule has 0 aromatic rings. The summed E-state index contributed by atoms with van der Waals surface area (Å²) in [5.74, 6) is 1.88. The molecule has 5 heteroatoms. The van der Waals surface area contributed by atoms with Crippen molar-refractivity contribution in [1.82, 2.24) is 0 Å². The third kappa shape index (κ3) is 6.88. The highest BCUT2D eigenvalue weighted by molar-refractivity contribution is 6.74. The van der Waals surface area contributed by atoms with Crippen LogP contribution >= 0.6 is 0 Å². The van der Waals surface area contributed by atoms with Gasteiger partial charge in [0.15, 0.2) is 16.6 Å². The molecule has 0 bridgehead atoms. The molecular formula is C31H61NO2Si2. The Morgan fingerprint density at radius 1 is 0.917 bits per heavy atom. The van der Waals surface area contributed by atoms with E-state index >= 15 is 0 Å². The minimum Gasteiger partial charge on any atom is -0.414 e. The molecule has 2 aliphatic rings. The summed E-state index contributed by atoms with van der Waals surface area (Å²) in [4.78, 5) is 0. The molecule has 2 saturated carbocycles. The zero-order chi connectivity index (χ0) is 27.2. The zero-order valence-electron chi connectivity index (χ0n) is 25.8. The Morgan fingerprint density at radius 3 is 1.97 bits per heavy atom. The highest BCUT2D eigenvalue weighted by Crippen LogP contribution is 2.60. The molecule has 0 N–H and O–H groups in total. The summed E-state index contributed by atoms with van der Waals surface area (Å²) in [6.07, 6.45) is 8.83. The van der Waals surface area contributed by atoms with E-state index in [1.807, 2.05) is 0 Å². The van der Waals surface area contributed by atoms with Gasteiger partial charge in [-0.2, -0.15) is 5.26 Å². The standard InChI is InChI=1S/C31H61NO2Si2/c1-11-35(12-2,13-3)33-29-18-17-22-31(10)27(19-20-28(29)31)25(7)26(24-32)21-23-30(8,9)34-36(14-4,15-5)16-6/h25-29H,11-23H2,1-10H3/t25-,26?,27-,28+,29+,31-/m1/s1. The van der Waals surface area contributed by atoms with Gasteiger partial charge in [0, 0.05) is 12.0 Å². The Hall–Kier alpha value is -0.156. The summed E-state index contributed by atoms with van der Waals surface area (Å²) in [6.45, 7) is 23.5. The van der Waals surface area contributed by atoms with Crippen molar-refractivity contribution >= 4 is 16.6 Å². The largest absolute Gasteiger partial charge is 0.414 e. The lowest BCUT2D eigenvalue weighted by molar-refractivity contribution is -0.0245. The van der Waals surface area contributed by atoms with Gasteiger partial charge < -0.3 is 8.85 Å². The maximum Gasteiger partial charge on any atom is 0.192 e. The van der Waals surface area contributed by atoms with Gasteiger partial charge in [0.1, 0.15) is 0 Å². The summed E-state index contributed by atoms with van der Waals surface area (Å²) in [7, 11) is -3.26. The number of hydrogen-bond donors (Lipinski definition) is 0. The van der Waals surface area contributed by atoms with Crippen molar-refractivity contribution in [1.29, 1.82) is 5.26 Å². The third-order valence-electron chi connectivity index (χ3n) is 11.4. The van der Waals surface area contributed by atoms with E-state index in [-0.39, 0.29) is 11.5 Å². The number of nitriles is 1. The van der Waals surface area contributed by atoms with Gasteiger partial charge in [0.05, 0.1) is 11.7 Å². The Balaban J connectivity index is 2.12. The minimum absolute atomic E-state index is 0.117. The Labute approximate surface area is 227 Å². The van der Waals surface area contributed by atoms with Crippen LogP contribution in [-0.2, 0) is 8.85 Å². The van der Waals surface area contributed by atoms with E-state index in [1.54, 1.807) is 0 Å². The molecule has 0 aromatic carbocycles. The van der Waals surface area contributed by atoms with Crippen molar-refractivity contribution in [3.63, 3.8) is 0 Å². The fourth-order valence-electron chi connectivity index (χ4n) is 8.32. The molecule has 2 fully saturated rings. The first kappa shape index (κ1) is 32.1. The molecule has 0 saturated heterocycles. The second kappa shape index (κ2) is 13.3. The monoisotopic (exact) mass is 535 g/mol. The first-order valence-corrected chi connectivity index (χ1v) is 20.8. The molecule has 210 valence electrons. The summed E-state index contributed by atoms with van der Waals surface area (Å²) >= 11 is 0. The SMILES string of the molecule is CC[Si](CC)(CC)O[C@H]1CCC[C@]2(C)[C@@H]([C@H](C)C(C#N)CCC(C)(C)O[Si](CC)(CC)CC)CC[C@@H]12. The Bertz CT molecular complexity index is 695. The van der Waals surface area contributed by atoms with Crippen LogP contribution in [0.25, 0.3) is 0 Å². The second-order valence-electron chi connectivity index (χ2n) is 13.3. The van der Waals surface area contributed by atoms with Gasteiger partial charge in [0.2, 0.25) is 0 Å². The van der Waals surface area contributed by atoms with E-state index in [1.165, 1.54) is 68.4 Å². The van der Waals surface area contributed by atoms with Crippen LogP contribution in [0, 0.1) is 40.4 Å². The normalized spacial score (nSPS) is 29.0. The number of nitrogens with zero attached hydrogens (tertiary/aromatic N) is 1. The van der Waals surface area contributed by atoms with Crippen molar-refractivity contribution in [2.75, 3.05) is 0 Å². The fraction of sp³-hybridized carbons (Fsp3) is 0.968. The van der Waals surface area contributed by atoms with Crippen LogP contribution < -0.4 is 0 Å². The molecule has 0 heterocycles. The van der Waals surface area contributed by atoms with Crippen LogP contribution in [0.2, 0.25) is 36.3 Å². The van der Waals surface area contributed by atoms with Crippen molar-refractivity contribution in [3.8, 4) is 6.07 Å². The molecule has 0 aromatic heterocycles. The van der Waals surface area contributed by atoms with Crippen molar-refractivity contribution in [3.05, 3.63) is 0 Å². The predicted octanol–water partition coefficient (Wildman–Crippen LogP) is 9.95. The molecule has 0 aliphatic heterocycles. The average Bonchev–Trinajstić information content (AvgIpc) is 3.24. The summed E-state index contributed by atoms with van der Waals surface area (Å²) < 4.78 is 14.0. The van der Waals surface area contributed by atoms with Crippen molar-refractivity contribution in [2.45, 2.75) is 162 Å². The molecule has 1 unspecified atom stereocenters. The van der Waals surface area contributed by atoms with E-state index in [4.69, 9.17) is 8.85 Å². The van der Waals surface area contributed by atoms with Crippen LogP contribution in [0.15, 0.2) is 0 Å². The van der Waals surface area contributed by atoms with Crippen LogP contribution in [-0.4, -0.2) is 28.3 Å². The molecule has 6 atom stereocenters. The van der Waals surface area contributed by atoms with E-state index in [2.05, 4.69) is 75.3 Å². The van der Waals surface area contributed by atoms with Crippen molar-refractivity contribution < 1.29 is 8.85 Å². The lowest BCUT2D eigenvalue weighted by Gasteiger charge is -2.49. The zero-order valence-corrected chi connectivity index (χ0v) is 27.8. The van der Waals surface area contributed by atoms with E-state index in [0.29, 0.717) is 29.3 Å². The van der Waals surface area contributed by atoms with Gasteiger partial charge in [-0.3, -0.25) is 0 Å². The molecule has 0 spiro atoms. The molecule has 36 heavy (non-hydrogen) atoms. The van der Waals surface area contributed by atoms with E-state index in [9.17, 15) is 5.26 Å². The van der Waals surface area contributed by atoms with Gasteiger partial charge in [-0.1, -0.05) is 61.8 Å². The van der Waals surface area contributed by atoms with Gasteiger partial charge in [-0.25, -0.2) is 0 Å². The van der Waals surface area contributed by atoms with Gasteiger partial charge >= 0.3 is 0 Å². The molecule has 2 rings (SSSR count). The smallest absolute Gasteiger partial charge is 0.192 e.